The van der Waals surface area contributed by atoms with E-state index in [9.17, 15) is 14.7 Å². The highest BCUT2D eigenvalue weighted by Gasteiger charge is 2.51. The Balaban J connectivity index is 1.62. The number of aromatic nitrogens is 1. The van der Waals surface area contributed by atoms with Gasteiger partial charge in [-0.05, 0) is 18.2 Å². The van der Waals surface area contributed by atoms with Crippen molar-refractivity contribution in [3.63, 3.8) is 0 Å². The van der Waals surface area contributed by atoms with E-state index in [0.717, 1.165) is 13.1 Å². The minimum atomic E-state index is -1.85. The van der Waals surface area contributed by atoms with Gasteiger partial charge in [-0.25, -0.2) is 0 Å². The molecule has 1 atom stereocenters. The van der Waals surface area contributed by atoms with Crippen LogP contribution in [-0.2, 0) is 15.1 Å². The van der Waals surface area contributed by atoms with E-state index in [1.807, 2.05) is 12.1 Å². The highest BCUT2D eigenvalue weighted by Crippen LogP contribution is 2.42. The standard InChI is InChI=1S/C20H21N3O4/c24-18(15-4-3-7-21-13-15)12-20(26)16-5-1-2-6-17(16)23(19(20)25)14-22-8-10-27-11-9-22/h1-7,13,26H,8-12,14H2/p+1/t20-/m1/s1. The predicted octanol–water partition coefficient (Wildman–Crippen LogP) is -0.239. The van der Waals surface area contributed by atoms with Crippen molar-refractivity contribution in [1.82, 2.24) is 4.98 Å². The van der Waals surface area contributed by atoms with Crippen LogP contribution in [-0.4, -0.2) is 54.8 Å². The molecule has 27 heavy (non-hydrogen) atoms. The van der Waals surface area contributed by atoms with E-state index >= 15 is 0 Å². The van der Waals surface area contributed by atoms with Crippen LogP contribution in [0.2, 0.25) is 0 Å². The maximum atomic E-state index is 13.2. The highest BCUT2D eigenvalue weighted by atomic mass is 16.5. The summed E-state index contributed by atoms with van der Waals surface area (Å²) in [6.07, 6.45) is 2.73. The molecule has 3 heterocycles. The molecule has 1 saturated heterocycles. The Morgan fingerprint density at radius 3 is 2.74 bits per heavy atom. The van der Waals surface area contributed by atoms with Crippen molar-refractivity contribution in [2.24, 2.45) is 0 Å². The quantitative estimate of drug-likeness (QED) is 0.712. The van der Waals surface area contributed by atoms with Gasteiger partial charge in [0.25, 0.3) is 5.91 Å². The Hall–Kier alpha value is -2.61. The lowest BCUT2D eigenvalue weighted by Crippen LogP contribution is -3.15. The molecule has 1 aromatic carbocycles. The second kappa shape index (κ2) is 7.19. The van der Waals surface area contributed by atoms with Gasteiger partial charge in [-0.3, -0.25) is 19.5 Å². The minimum Gasteiger partial charge on any atom is -0.375 e. The third-order valence-corrected chi connectivity index (χ3v) is 5.22. The van der Waals surface area contributed by atoms with Gasteiger partial charge >= 0.3 is 0 Å². The molecule has 4 rings (SSSR count). The molecule has 0 aliphatic carbocycles. The van der Waals surface area contributed by atoms with Crippen LogP contribution in [0.4, 0.5) is 5.69 Å². The number of para-hydroxylation sites is 1. The number of nitrogens with zero attached hydrogens (tertiary/aromatic N) is 2. The molecule has 1 amide bonds. The first-order valence-corrected chi connectivity index (χ1v) is 9.08. The van der Waals surface area contributed by atoms with Crippen LogP contribution in [0.1, 0.15) is 22.3 Å². The molecule has 0 unspecified atom stereocenters. The third-order valence-electron chi connectivity index (χ3n) is 5.22. The van der Waals surface area contributed by atoms with Gasteiger partial charge < -0.3 is 14.7 Å². The van der Waals surface area contributed by atoms with Crippen molar-refractivity contribution in [3.05, 3.63) is 59.9 Å². The number of carbonyl (C=O) groups is 2. The zero-order valence-corrected chi connectivity index (χ0v) is 14.9. The number of amides is 1. The number of anilines is 1. The number of ketones is 1. The SMILES string of the molecule is O=C(C[C@]1(O)C(=O)N(C[NH+]2CCOCC2)c2ccccc21)c1cccnc1. The van der Waals surface area contributed by atoms with E-state index in [1.165, 1.54) is 11.1 Å². The summed E-state index contributed by atoms with van der Waals surface area (Å²) in [6, 6.07) is 10.5. The summed E-state index contributed by atoms with van der Waals surface area (Å²) in [6.45, 7) is 3.37. The molecule has 2 aliphatic rings. The first-order chi connectivity index (χ1) is 13.1. The van der Waals surface area contributed by atoms with E-state index in [1.54, 1.807) is 35.4 Å². The van der Waals surface area contributed by atoms with Crippen molar-refractivity contribution in [1.29, 1.82) is 0 Å². The van der Waals surface area contributed by atoms with Crippen LogP contribution < -0.4 is 9.80 Å². The molecule has 1 fully saturated rings. The molecule has 0 saturated carbocycles. The van der Waals surface area contributed by atoms with E-state index in [0.29, 0.717) is 36.7 Å². The number of rotatable bonds is 5. The zero-order valence-electron chi connectivity index (χ0n) is 14.9. The van der Waals surface area contributed by atoms with Crippen molar-refractivity contribution in [2.75, 3.05) is 37.9 Å². The van der Waals surface area contributed by atoms with E-state index < -0.39 is 11.5 Å². The number of Topliss-reactive ketones (excluding diaryl/α,β-unsaturated/α-hetero) is 1. The number of carbonyl (C=O) groups excluding carboxylic acids is 2. The average Bonchev–Trinajstić information content (AvgIpc) is 2.92. The number of morpholine rings is 1. The lowest BCUT2D eigenvalue weighted by molar-refractivity contribution is -0.906. The molecule has 2 aromatic rings. The van der Waals surface area contributed by atoms with Crippen LogP contribution in [0.5, 0.6) is 0 Å². The molecule has 0 radical (unpaired) electrons. The Morgan fingerprint density at radius 1 is 1.22 bits per heavy atom. The predicted molar refractivity (Wildman–Crippen MR) is 97.4 cm³/mol. The first kappa shape index (κ1) is 17.8. The molecule has 7 nitrogen and oxygen atoms in total. The largest absolute Gasteiger partial charge is 0.375 e. The fraction of sp³-hybridized carbons (Fsp3) is 0.350. The molecule has 140 valence electrons. The molecule has 1 aromatic heterocycles. The lowest BCUT2D eigenvalue weighted by atomic mass is 9.88. The van der Waals surface area contributed by atoms with Crippen molar-refractivity contribution in [3.8, 4) is 0 Å². The average molecular weight is 368 g/mol. The Labute approximate surface area is 157 Å². The second-order valence-electron chi connectivity index (χ2n) is 6.97. The number of pyridine rings is 1. The number of ether oxygens (including phenoxy) is 1. The summed E-state index contributed by atoms with van der Waals surface area (Å²) < 4.78 is 5.38. The molecule has 2 N–H and O–H groups in total. The van der Waals surface area contributed by atoms with Gasteiger partial charge in [-0.15, -0.1) is 0 Å². The van der Waals surface area contributed by atoms with Crippen molar-refractivity contribution < 1.29 is 24.3 Å². The van der Waals surface area contributed by atoms with Gasteiger partial charge in [0.1, 0.15) is 13.1 Å². The van der Waals surface area contributed by atoms with Crippen molar-refractivity contribution >= 4 is 17.4 Å². The van der Waals surface area contributed by atoms with E-state index in [2.05, 4.69) is 4.98 Å². The van der Waals surface area contributed by atoms with E-state index in [4.69, 9.17) is 4.74 Å². The van der Waals surface area contributed by atoms with E-state index in [-0.39, 0.29) is 12.2 Å². The first-order valence-electron chi connectivity index (χ1n) is 9.08. The van der Waals surface area contributed by atoms with Crippen LogP contribution in [0.3, 0.4) is 0 Å². The van der Waals surface area contributed by atoms with Gasteiger partial charge in [0.15, 0.2) is 18.1 Å². The van der Waals surface area contributed by atoms with Crippen molar-refractivity contribution in [2.45, 2.75) is 12.0 Å². The van der Waals surface area contributed by atoms with Gasteiger partial charge in [0, 0.05) is 23.5 Å². The number of nitrogens with one attached hydrogen (secondary N) is 1. The van der Waals surface area contributed by atoms with Crippen LogP contribution in [0.25, 0.3) is 0 Å². The zero-order chi connectivity index (χ0) is 18.9. The topological polar surface area (TPSA) is 84.2 Å². The molecule has 2 aliphatic heterocycles. The van der Waals surface area contributed by atoms with Gasteiger partial charge in [-0.1, -0.05) is 18.2 Å². The number of hydrogen-bond acceptors (Lipinski definition) is 5. The van der Waals surface area contributed by atoms with Crippen LogP contribution in [0, 0.1) is 0 Å². The molecular formula is C20H22N3O4+. The maximum absolute atomic E-state index is 13.2. The smallest absolute Gasteiger partial charge is 0.268 e. The summed E-state index contributed by atoms with van der Waals surface area (Å²) in [5.41, 5.74) is -0.314. The number of benzene rings is 1. The number of fused-ring (bicyclic) bond motifs is 1. The molecule has 7 heteroatoms. The molecule has 0 bridgehead atoms. The normalized spacial score (nSPS) is 22.7. The Kier molecular flexibility index (Phi) is 4.73. The summed E-state index contributed by atoms with van der Waals surface area (Å²) >= 11 is 0. The molecule has 0 spiro atoms. The fourth-order valence-electron chi connectivity index (χ4n) is 3.74. The van der Waals surface area contributed by atoms with Crippen LogP contribution >= 0.6 is 0 Å². The summed E-state index contributed by atoms with van der Waals surface area (Å²) in [5.74, 6) is -0.755. The summed E-state index contributed by atoms with van der Waals surface area (Å²) in [4.78, 5) is 32.6. The summed E-state index contributed by atoms with van der Waals surface area (Å²) in [5, 5.41) is 11.3. The third kappa shape index (κ3) is 3.25. The highest BCUT2D eigenvalue weighted by molar-refractivity contribution is 6.10. The number of hydrogen-bond donors (Lipinski definition) is 2. The molecular weight excluding hydrogens is 346 g/mol. The Morgan fingerprint density at radius 2 is 2.00 bits per heavy atom. The number of aliphatic hydroxyl groups is 1. The monoisotopic (exact) mass is 368 g/mol. The number of quaternary nitrogens is 1. The minimum absolute atomic E-state index is 0.302. The second-order valence-corrected chi connectivity index (χ2v) is 6.97. The van der Waals surface area contributed by atoms with Gasteiger partial charge in [0.05, 0.1) is 25.3 Å². The maximum Gasteiger partial charge on any atom is 0.268 e. The van der Waals surface area contributed by atoms with Gasteiger partial charge in [-0.2, -0.15) is 0 Å². The van der Waals surface area contributed by atoms with Gasteiger partial charge in [0.2, 0.25) is 0 Å². The lowest BCUT2D eigenvalue weighted by Gasteiger charge is -2.29. The van der Waals surface area contributed by atoms with Crippen LogP contribution in [0.15, 0.2) is 48.8 Å². The Bertz CT molecular complexity index is 851. The fourth-order valence-corrected chi connectivity index (χ4v) is 3.74. The summed E-state index contributed by atoms with van der Waals surface area (Å²) in [7, 11) is 0.